The van der Waals surface area contributed by atoms with Gasteiger partial charge in [0.05, 0.1) is 0 Å². The first-order valence-electron chi connectivity index (χ1n) is 3.97. The number of aliphatic hydroxyl groups is 1. The van der Waals surface area contributed by atoms with Crippen molar-refractivity contribution in [3.63, 3.8) is 0 Å². The van der Waals surface area contributed by atoms with Crippen LogP contribution in [0.5, 0.6) is 0 Å². The van der Waals surface area contributed by atoms with E-state index < -0.39 is 0 Å². The molecule has 0 atom stereocenters. The Morgan fingerprint density at radius 3 is 2.83 bits per heavy atom. The fourth-order valence-electron chi connectivity index (χ4n) is 0.973. The van der Waals surface area contributed by atoms with Crippen LogP contribution in [0.2, 0.25) is 0 Å². The number of aromatic amines is 1. The lowest BCUT2D eigenvalue weighted by Crippen LogP contribution is -1.93. The molecule has 1 aromatic heterocycles. The molecule has 0 aromatic carbocycles. The molecule has 1 rings (SSSR count). The number of hydrogen-bond acceptors (Lipinski definition) is 3. The first-order valence-corrected chi connectivity index (χ1v) is 4.37. The molecule has 2 N–H and O–H groups in total. The predicted octanol–water partition coefficient (Wildman–Crippen LogP) is 0.793. The molecular weight excluding hydrogens is 174 g/mol. The standard InChI is InChI=1S/C7H13N3OS/c1-10-7(12)8-6(9-10)4-2-3-5-11/h11H,2-5H2,1H3,(H,8,9,12). The zero-order valence-corrected chi connectivity index (χ0v) is 7.89. The second kappa shape index (κ2) is 4.37. The molecule has 1 heterocycles. The van der Waals surface area contributed by atoms with Crippen molar-refractivity contribution in [2.45, 2.75) is 19.3 Å². The van der Waals surface area contributed by atoms with Crippen molar-refractivity contribution >= 4 is 12.2 Å². The highest BCUT2D eigenvalue weighted by Crippen LogP contribution is 1.98. The van der Waals surface area contributed by atoms with Gasteiger partial charge >= 0.3 is 0 Å². The summed E-state index contributed by atoms with van der Waals surface area (Å²) in [4.78, 5) is 4.12. The van der Waals surface area contributed by atoms with E-state index in [0.29, 0.717) is 4.77 Å². The van der Waals surface area contributed by atoms with Gasteiger partial charge in [0.25, 0.3) is 0 Å². The molecule has 0 saturated carbocycles. The highest BCUT2D eigenvalue weighted by Gasteiger charge is 1.97. The van der Waals surface area contributed by atoms with Crippen LogP contribution >= 0.6 is 12.2 Å². The minimum Gasteiger partial charge on any atom is -0.396 e. The summed E-state index contributed by atoms with van der Waals surface area (Å²) in [5, 5.41) is 11.6. The molecule has 0 unspecified atom stereocenters. The summed E-state index contributed by atoms with van der Waals surface area (Å²) in [6, 6.07) is 0. The molecule has 1 aromatic rings. The minimum atomic E-state index is 0.244. The van der Waals surface area contributed by atoms with E-state index in [4.69, 9.17) is 17.3 Å². The van der Waals surface area contributed by atoms with E-state index >= 15 is 0 Å². The first kappa shape index (κ1) is 9.41. The number of rotatable bonds is 4. The molecule has 4 nitrogen and oxygen atoms in total. The smallest absolute Gasteiger partial charge is 0.215 e. The van der Waals surface area contributed by atoms with Gasteiger partial charge in [0.15, 0.2) is 0 Å². The Balaban J connectivity index is 2.47. The number of aromatic nitrogens is 3. The molecule has 0 saturated heterocycles. The van der Waals surface area contributed by atoms with Crippen LogP contribution < -0.4 is 0 Å². The summed E-state index contributed by atoms with van der Waals surface area (Å²) in [6.45, 7) is 0.244. The monoisotopic (exact) mass is 187 g/mol. The predicted molar refractivity (Wildman–Crippen MR) is 48.4 cm³/mol. The Kier molecular flexibility index (Phi) is 3.43. The Morgan fingerprint density at radius 2 is 2.33 bits per heavy atom. The number of aryl methyl sites for hydroxylation is 2. The van der Waals surface area contributed by atoms with Gasteiger partial charge in [-0.2, -0.15) is 0 Å². The van der Waals surface area contributed by atoms with Crippen molar-refractivity contribution < 1.29 is 5.11 Å². The van der Waals surface area contributed by atoms with E-state index in [9.17, 15) is 0 Å². The highest BCUT2D eigenvalue weighted by atomic mass is 32.1. The van der Waals surface area contributed by atoms with Gasteiger partial charge in [0.1, 0.15) is 5.82 Å². The second-order valence-corrected chi connectivity index (χ2v) is 3.06. The summed E-state index contributed by atoms with van der Waals surface area (Å²) < 4.78 is 2.29. The van der Waals surface area contributed by atoms with Crippen LogP contribution in [-0.2, 0) is 13.5 Å². The molecule has 12 heavy (non-hydrogen) atoms. The fourth-order valence-corrected chi connectivity index (χ4v) is 1.13. The third-order valence-electron chi connectivity index (χ3n) is 1.64. The Hall–Kier alpha value is -0.680. The molecule has 0 bridgehead atoms. The topological polar surface area (TPSA) is 53.8 Å². The molecule has 0 aliphatic heterocycles. The lowest BCUT2D eigenvalue weighted by Gasteiger charge is -1.93. The van der Waals surface area contributed by atoms with Gasteiger partial charge in [-0.1, -0.05) is 0 Å². The third-order valence-corrected chi connectivity index (χ3v) is 2.00. The third kappa shape index (κ3) is 2.42. The van der Waals surface area contributed by atoms with Crippen LogP contribution in [-0.4, -0.2) is 26.5 Å². The van der Waals surface area contributed by atoms with Crippen molar-refractivity contribution in [3.8, 4) is 0 Å². The molecule has 0 aliphatic rings. The van der Waals surface area contributed by atoms with Gasteiger partial charge < -0.3 is 5.11 Å². The molecule has 0 spiro atoms. The fraction of sp³-hybridized carbons (Fsp3) is 0.714. The van der Waals surface area contributed by atoms with E-state index in [2.05, 4.69) is 10.1 Å². The van der Waals surface area contributed by atoms with E-state index in [0.717, 1.165) is 25.1 Å². The van der Waals surface area contributed by atoms with Crippen LogP contribution in [0, 0.1) is 4.77 Å². The average Bonchev–Trinajstić information content (AvgIpc) is 2.32. The number of nitrogens with one attached hydrogen (secondary N) is 1. The molecule has 68 valence electrons. The maximum absolute atomic E-state index is 8.55. The zero-order chi connectivity index (χ0) is 8.97. The van der Waals surface area contributed by atoms with Crippen LogP contribution in [0.4, 0.5) is 0 Å². The minimum absolute atomic E-state index is 0.244. The summed E-state index contributed by atoms with van der Waals surface area (Å²) >= 11 is 4.92. The van der Waals surface area contributed by atoms with E-state index in [1.54, 1.807) is 4.68 Å². The van der Waals surface area contributed by atoms with Crippen molar-refractivity contribution in [1.82, 2.24) is 14.8 Å². The van der Waals surface area contributed by atoms with E-state index in [1.165, 1.54) is 0 Å². The SMILES string of the molecule is Cn1[nH]c(CCCCO)nc1=S. The Bertz CT molecular complexity index is 291. The van der Waals surface area contributed by atoms with E-state index in [-0.39, 0.29) is 6.61 Å². The van der Waals surface area contributed by atoms with Crippen LogP contribution in [0.15, 0.2) is 0 Å². The van der Waals surface area contributed by atoms with Crippen molar-refractivity contribution in [2.24, 2.45) is 7.05 Å². The van der Waals surface area contributed by atoms with Gasteiger partial charge in [-0.15, -0.1) is 0 Å². The maximum Gasteiger partial charge on any atom is 0.215 e. The van der Waals surface area contributed by atoms with Crippen LogP contribution in [0.25, 0.3) is 0 Å². The van der Waals surface area contributed by atoms with Gasteiger partial charge in [0.2, 0.25) is 4.77 Å². The average molecular weight is 187 g/mol. The molecular formula is C7H13N3OS. The Morgan fingerprint density at radius 1 is 1.58 bits per heavy atom. The van der Waals surface area contributed by atoms with Crippen molar-refractivity contribution in [2.75, 3.05) is 6.61 Å². The second-order valence-electron chi connectivity index (χ2n) is 2.69. The molecule has 0 radical (unpaired) electrons. The van der Waals surface area contributed by atoms with Gasteiger partial charge in [-0.25, -0.2) is 4.98 Å². The van der Waals surface area contributed by atoms with Crippen LogP contribution in [0.3, 0.4) is 0 Å². The largest absolute Gasteiger partial charge is 0.396 e. The van der Waals surface area contributed by atoms with E-state index in [1.807, 2.05) is 7.05 Å². The van der Waals surface area contributed by atoms with Crippen LogP contribution in [0.1, 0.15) is 18.7 Å². The van der Waals surface area contributed by atoms with Crippen molar-refractivity contribution in [1.29, 1.82) is 0 Å². The number of unbranched alkanes of at least 4 members (excludes halogenated alkanes) is 1. The summed E-state index contributed by atoms with van der Waals surface area (Å²) in [6.07, 6.45) is 2.61. The summed E-state index contributed by atoms with van der Waals surface area (Å²) in [7, 11) is 1.84. The lowest BCUT2D eigenvalue weighted by atomic mass is 10.2. The van der Waals surface area contributed by atoms with Gasteiger partial charge in [0, 0.05) is 20.1 Å². The number of H-pyrrole nitrogens is 1. The quantitative estimate of drug-likeness (QED) is 0.541. The zero-order valence-electron chi connectivity index (χ0n) is 7.08. The van der Waals surface area contributed by atoms with Gasteiger partial charge in [-0.05, 0) is 25.1 Å². The lowest BCUT2D eigenvalue weighted by molar-refractivity contribution is 0.284. The first-order chi connectivity index (χ1) is 5.74. The molecule has 0 amide bonds. The number of nitrogens with zero attached hydrogens (tertiary/aromatic N) is 2. The summed E-state index contributed by atoms with van der Waals surface area (Å²) in [5.74, 6) is 0.899. The molecule has 0 fully saturated rings. The number of hydrogen-bond donors (Lipinski definition) is 2. The van der Waals surface area contributed by atoms with Gasteiger partial charge in [-0.3, -0.25) is 9.78 Å². The molecule has 5 heteroatoms. The normalized spacial score (nSPS) is 10.5. The Labute approximate surface area is 76.2 Å². The van der Waals surface area contributed by atoms with Crippen molar-refractivity contribution in [3.05, 3.63) is 10.6 Å². The molecule has 0 aliphatic carbocycles. The summed E-state index contributed by atoms with van der Waals surface area (Å²) in [5.41, 5.74) is 0. The highest BCUT2D eigenvalue weighted by molar-refractivity contribution is 7.71. The number of aliphatic hydroxyl groups excluding tert-OH is 1. The maximum atomic E-state index is 8.55.